The maximum absolute atomic E-state index is 12.6. The number of carbonyl (C=O) groups is 1. The van der Waals surface area contributed by atoms with Crippen molar-refractivity contribution in [2.75, 3.05) is 23.3 Å². The van der Waals surface area contributed by atoms with Crippen molar-refractivity contribution in [1.29, 1.82) is 0 Å². The number of pyridine rings is 1. The van der Waals surface area contributed by atoms with Crippen LogP contribution in [0.1, 0.15) is 29.9 Å². The molecule has 0 radical (unpaired) electrons. The summed E-state index contributed by atoms with van der Waals surface area (Å²) in [5.74, 6) is 0.544. The van der Waals surface area contributed by atoms with Crippen LogP contribution in [-0.4, -0.2) is 24.0 Å². The summed E-state index contributed by atoms with van der Waals surface area (Å²) in [6.45, 7) is 5.94. The topological polar surface area (TPSA) is 45.2 Å². The lowest BCUT2D eigenvalue weighted by Crippen LogP contribution is -2.29. The predicted molar refractivity (Wildman–Crippen MR) is 89.4 cm³/mol. The quantitative estimate of drug-likeness (QED) is 0.941. The minimum absolute atomic E-state index is 0.0274. The van der Waals surface area contributed by atoms with Crippen LogP contribution < -0.4 is 10.2 Å². The number of nitrogens with one attached hydrogen (secondary N) is 1. The third kappa shape index (κ3) is 2.96. The highest BCUT2D eigenvalue weighted by atomic mass is 16.2. The molecule has 4 heteroatoms. The van der Waals surface area contributed by atoms with E-state index in [2.05, 4.69) is 30.2 Å². The molecule has 22 heavy (non-hydrogen) atoms. The van der Waals surface area contributed by atoms with Gasteiger partial charge in [-0.15, -0.1) is 0 Å². The predicted octanol–water partition coefficient (Wildman–Crippen LogP) is 3.35. The van der Waals surface area contributed by atoms with E-state index in [9.17, 15) is 4.79 Å². The molecule has 0 spiro atoms. The molecule has 0 bridgehead atoms. The highest BCUT2D eigenvalue weighted by Gasteiger charge is 2.25. The highest BCUT2D eigenvalue weighted by molar-refractivity contribution is 6.06. The zero-order valence-electron chi connectivity index (χ0n) is 13.0. The monoisotopic (exact) mass is 295 g/mol. The van der Waals surface area contributed by atoms with Gasteiger partial charge in [0.1, 0.15) is 5.69 Å². The van der Waals surface area contributed by atoms with Crippen LogP contribution in [0.15, 0.2) is 42.6 Å². The van der Waals surface area contributed by atoms with Crippen LogP contribution in [-0.2, 0) is 6.42 Å². The molecule has 0 aliphatic carbocycles. The molecule has 0 saturated heterocycles. The molecule has 0 saturated carbocycles. The SMILES string of the molecule is CC(C)CNc1ccc(C(=O)N2CCc3ccccc32)nc1. The van der Waals surface area contributed by atoms with Gasteiger partial charge in [0.05, 0.1) is 11.9 Å². The summed E-state index contributed by atoms with van der Waals surface area (Å²) in [6.07, 6.45) is 2.65. The molecular weight excluding hydrogens is 274 g/mol. The molecule has 2 heterocycles. The number of fused-ring (bicyclic) bond motifs is 1. The lowest BCUT2D eigenvalue weighted by Gasteiger charge is -2.17. The Kier molecular flexibility index (Phi) is 4.09. The van der Waals surface area contributed by atoms with Crippen molar-refractivity contribution < 1.29 is 4.79 Å². The maximum atomic E-state index is 12.6. The fourth-order valence-corrected chi connectivity index (χ4v) is 2.63. The van der Waals surface area contributed by atoms with Gasteiger partial charge in [-0.1, -0.05) is 32.0 Å². The van der Waals surface area contributed by atoms with E-state index in [0.717, 1.165) is 30.9 Å². The average Bonchev–Trinajstić information content (AvgIpc) is 2.97. The van der Waals surface area contributed by atoms with Gasteiger partial charge in [-0.05, 0) is 36.1 Å². The second kappa shape index (κ2) is 6.18. The van der Waals surface area contributed by atoms with Gasteiger partial charge in [0, 0.05) is 18.8 Å². The lowest BCUT2D eigenvalue weighted by molar-refractivity contribution is 0.0984. The van der Waals surface area contributed by atoms with Gasteiger partial charge in [0.2, 0.25) is 0 Å². The first-order valence-corrected chi connectivity index (χ1v) is 7.75. The highest BCUT2D eigenvalue weighted by Crippen LogP contribution is 2.28. The van der Waals surface area contributed by atoms with Crippen molar-refractivity contribution in [3.8, 4) is 0 Å². The fourth-order valence-electron chi connectivity index (χ4n) is 2.63. The standard InChI is InChI=1S/C18H21N3O/c1-13(2)11-19-15-7-8-16(20-12-15)18(22)21-10-9-14-5-3-4-6-17(14)21/h3-8,12-13,19H,9-11H2,1-2H3. The molecule has 1 aliphatic rings. The van der Waals surface area contributed by atoms with Crippen molar-refractivity contribution in [2.45, 2.75) is 20.3 Å². The zero-order chi connectivity index (χ0) is 15.5. The van der Waals surface area contributed by atoms with Gasteiger partial charge in [0.25, 0.3) is 5.91 Å². The van der Waals surface area contributed by atoms with E-state index in [-0.39, 0.29) is 5.91 Å². The van der Waals surface area contributed by atoms with E-state index in [1.807, 2.05) is 29.2 Å². The summed E-state index contributed by atoms with van der Waals surface area (Å²) >= 11 is 0. The van der Waals surface area contributed by atoms with Crippen LogP contribution in [0.2, 0.25) is 0 Å². The molecule has 1 aromatic carbocycles. The number of benzene rings is 1. The Hall–Kier alpha value is -2.36. The van der Waals surface area contributed by atoms with Crippen molar-refractivity contribution in [3.05, 3.63) is 53.9 Å². The molecule has 1 aromatic heterocycles. The van der Waals surface area contributed by atoms with Gasteiger partial charge in [-0.2, -0.15) is 0 Å². The van der Waals surface area contributed by atoms with Gasteiger partial charge in [0.15, 0.2) is 0 Å². The van der Waals surface area contributed by atoms with Gasteiger partial charge in [-0.25, -0.2) is 4.98 Å². The third-order valence-corrected chi connectivity index (χ3v) is 3.83. The van der Waals surface area contributed by atoms with Crippen molar-refractivity contribution in [1.82, 2.24) is 4.98 Å². The summed E-state index contributed by atoms with van der Waals surface area (Å²) in [6, 6.07) is 11.8. The molecular formula is C18H21N3O. The van der Waals surface area contributed by atoms with Gasteiger partial charge in [-0.3, -0.25) is 4.79 Å². The molecule has 0 atom stereocenters. The normalized spacial score (nSPS) is 13.3. The Bertz CT molecular complexity index is 664. The van der Waals surface area contributed by atoms with Crippen molar-refractivity contribution in [2.24, 2.45) is 5.92 Å². The molecule has 1 N–H and O–H groups in total. The van der Waals surface area contributed by atoms with Crippen molar-refractivity contribution in [3.63, 3.8) is 0 Å². The number of aromatic nitrogens is 1. The molecule has 3 rings (SSSR count). The number of hydrogen-bond donors (Lipinski definition) is 1. The first-order valence-electron chi connectivity index (χ1n) is 7.75. The Morgan fingerprint density at radius 2 is 2.09 bits per heavy atom. The van der Waals surface area contributed by atoms with Crippen LogP contribution in [0.5, 0.6) is 0 Å². The molecule has 114 valence electrons. The number of anilines is 2. The van der Waals surface area contributed by atoms with E-state index in [1.54, 1.807) is 12.3 Å². The first-order chi connectivity index (χ1) is 10.6. The van der Waals surface area contributed by atoms with Crippen LogP contribution in [0, 0.1) is 5.92 Å². The number of rotatable bonds is 4. The number of nitrogens with zero attached hydrogens (tertiary/aromatic N) is 2. The average molecular weight is 295 g/mol. The fraction of sp³-hybridized carbons (Fsp3) is 0.333. The Morgan fingerprint density at radius 1 is 1.27 bits per heavy atom. The molecule has 1 aliphatic heterocycles. The van der Waals surface area contributed by atoms with Crippen LogP contribution in [0.25, 0.3) is 0 Å². The van der Waals surface area contributed by atoms with Crippen LogP contribution >= 0.6 is 0 Å². The second-order valence-electron chi connectivity index (χ2n) is 6.04. The minimum Gasteiger partial charge on any atom is -0.384 e. The number of hydrogen-bond acceptors (Lipinski definition) is 3. The Morgan fingerprint density at radius 3 is 2.82 bits per heavy atom. The van der Waals surface area contributed by atoms with Crippen molar-refractivity contribution >= 4 is 17.3 Å². The van der Waals surface area contributed by atoms with E-state index < -0.39 is 0 Å². The zero-order valence-corrected chi connectivity index (χ0v) is 13.0. The van der Waals surface area contributed by atoms with Crippen LogP contribution in [0.3, 0.4) is 0 Å². The van der Waals surface area contributed by atoms with E-state index in [0.29, 0.717) is 11.6 Å². The van der Waals surface area contributed by atoms with Gasteiger partial charge < -0.3 is 10.2 Å². The molecule has 1 amide bonds. The lowest BCUT2D eigenvalue weighted by atomic mass is 10.2. The van der Waals surface area contributed by atoms with Gasteiger partial charge >= 0.3 is 0 Å². The van der Waals surface area contributed by atoms with Crippen LogP contribution in [0.4, 0.5) is 11.4 Å². The summed E-state index contributed by atoms with van der Waals surface area (Å²) in [5, 5.41) is 3.31. The maximum Gasteiger partial charge on any atom is 0.276 e. The molecule has 2 aromatic rings. The van der Waals surface area contributed by atoms with E-state index >= 15 is 0 Å². The first kappa shape index (κ1) is 14.6. The largest absolute Gasteiger partial charge is 0.384 e. The molecule has 4 nitrogen and oxygen atoms in total. The Balaban J connectivity index is 1.73. The smallest absolute Gasteiger partial charge is 0.276 e. The summed E-state index contributed by atoms with van der Waals surface area (Å²) in [5.41, 5.74) is 3.68. The van der Waals surface area contributed by atoms with E-state index in [4.69, 9.17) is 0 Å². The summed E-state index contributed by atoms with van der Waals surface area (Å²) in [4.78, 5) is 18.8. The number of amides is 1. The minimum atomic E-state index is -0.0274. The Labute approximate surface area is 131 Å². The molecule has 0 unspecified atom stereocenters. The number of para-hydroxylation sites is 1. The summed E-state index contributed by atoms with van der Waals surface area (Å²) in [7, 11) is 0. The third-order valence-electron chi connectivity index (χ3n) is 3.83. The number of carbonyl (C=O) groups excluding carboxylic acids is 1. The van der Waals surface area contributed by atoms with E-state index in [1.165, 1.54) is 5.56 Å². The summed E-state index contributed by atoms with van der Waals surface area (Å²) < 4.78 is 0. The molecule has 0 fully saturated rings. The second-order valence-corrected chi connectivity index (χ2v) is 6.04.